The molecular formula is C17H22N2S. The summed E-state index contributed by atoms with van der Waals surface area (Å²) in [5, 5.41) is 0. The largest absolute Gasteiger partial charge is 0.255 e. The van der Waals surface area contributed by atoms with Gasteiger partial charge in [0.25, 0.3) is 0 Å². The molecule has 20 heavy (non-hydrogen) atoms. The number of unbranched alkanes of at least 4 members (excludes halogenated alkanes) is 3. The van der Waals surface area contributed by atoms with E-state index in [-0.39, 0.29) is 0 Å². The SMILES string of the molecule is Cc1ccnc(-c2cc(CCCCCCS)ccn2)c1. The summed E-state index contributed by atoms with van der Waals surface area (Å²) >= 11 is 4.24. The highest BCUT2D eigenvalue weighted by Gasteiger charge is 2.02. The Morgan fingerprint density at radius 2 is 1.60 bits per heavy atom. The van der Waals surface area contributed by atoms with Gasteiger partial charge in [0.15, 0.2) is 0 Å². The Labute approximate surface area is 127 Å². The first-order valence-corrected chi connectivity index (χ1v) is 7.91. The van der Waals surface area contributed by atoms with E-state index in [1.54, 1.807) is 0 Å². The molecule has 0 atom stereocenters. The van der Waals surface area contributed by atoms with Gasteiger partial charge in [-0.05, 0) is 67.3 Å². The van der Waals surface area contributed by atoms with Crippen molar-refractivity contribution >= 4 is 12.6 Å². The molecule has 2 aromatic rings. The maximum atomic E-state index is 4.44. The monoisotopic (exact) mass is 286 g/mol. The van der Waals surface area contributed by atoms with Gasteiger partial charge in [0.1, 0.15) is 0 Å². The molecule has 0 amide bonds. The van der Waals surface area contributed by atoms with Gasteiger partial charge < -0.3 is 0 Å². The van der Waals surface area contributed by atoms with Gasteiger partial charge in [-0.15, -0.1) is 0 Å². The van der Waals surface area contributed by atoms with E-state index in [1.165, 1.54) is 36.8 Å². The molecule has 0 saturated heterocycles. The molecule has 0 spiro atoms. The van der Waals surface area contributed by atoms with Crippen LogP contribution in [-0.4, -0.2) is 15.7 Å². The van der Waals surface area contributed by atoms with E-state index in [0.29, 0.717) is 0 Å². The Hall–Kier alpha value is -1.35. The third-order valence-corrected chi connectivity index (χ3v) is 3.69. The van der Waals surface area contributed by atoms with Crippen LogP contribution in [0, 0.1) is 6.92 Å². The number of pyridine rings is 2. The molecule has 0 radical (unpaired) electrons. The molecule has 0 N–H and O–H groups in total. The van der Waals surface area contributed by atoms with Crippen molar-refractivity contribution in [3.8, 4) is 11.4 Å². The highest BCUT2D eigenvalue weighted by atomic mass is 32.1. The summed E-state index contributed by atoms with van der Waals surface area (Å²) in [6, 6.07) is 8.37. The fraction of sp³-hybridized carbons (Fsp3) is 0.412. The lowest BCUT2D eigenvalue weighted by Gasteiger charge is -2.05. The fourth-order valence-electron chi connectivity index (χ4n) is 2.24. The van der Waals surface area contributed by atoms with Crippen LogP contribution in [0.2, 0.25) is 0 Å². The Bertz CT molecular complexity index is 540. The van der Waals surface area contributed by atoms with Crippen molar-refractivity contribution in [1.82, 2.24) is 9.97 Å². The molecule has 2 nitrogen and oxygen atoms in total. The van der Waals surface area contributed by atoms with Gasteiger partial charge in [0.05, 0.1) is 11.4 Å². The quantitative estimate of drug-likeness (QED) is 0.599. The molecule has 2 rings (SSSR count). The van der Waals surface area contributed by atoms with Crippen molar-refractivity contribution < 1.29 is 0 Å². The average molecular weight is 286 g/mol. The summed E-state index contributed by atoms with van der Waals surface area (Å²) in [6.07, 6.45) is 9.87. The molecule has 0 aliphatic heterocycles. The highest BCUT2D eigenvalue weighted by molar-refractivity contribution is 7.80. The number of nitrogens with zero attached hydrogens (tertiary/aromatic N) is 2. The zero-order valence-corrected chi connectivity index (χ0v) is 12.9. The molecule has 2 aromatic heterocycles. The maximum absolute atomic E-state index is 4.44. The summed E-state index contributed by atoms with van der Waals surface area (Å²) in [5.74, 6) is 0.998. The van der Waals surface area contributed by atoms with Gasteiger partial charge in [-0.3, -0.25) is 9.97 Å². The topological polar surface area (TPSA) is 25.8 Å². The average Bonchev–Trinajstić information content (AvgIpc) is 2.47. The number of hydrogen-bond donors (Lipinski definition) is 1. The Balaban J connectivity index is 1.97. The lowest BCUT2D eigenvalue weighted by molar-refractivity contribution is 0.670. The van der Waals surface area contributed by atoms with Crippen LogP contribution in [0.5, 0.6) is 0 Å². The minimum Gasteiger partial charge on any atom is -0.255 e. The second-order valence-corrected chi connectivity index (χ2v) is 5.60. The van der Waals surface area contributed by atoms with E-state index in [4.69, 9.17) is 0 Å². The van der Waals surface area contributed by atoms with Crippen LogP contribution in [0.25, 0.3) is 11.4 Å². The number of aryl methyl sites for hydroxylation is 2. The third-order valence-electron chi connectivity index (χ3n) is 3.38. The van der Waals surface area contributed by atoms with Crippen molar-refractivity contribution in [3.05, 3.63) is 47.8 Å². The molecule has 0 bridgehead atoms. The Morgan fingerprint density at radius 3 is 2.35 bits per heavy atom. The van der Waals surface area contributed by atoms with Gasteiger partial charge in [-0.25, -0.2) is 0 Å². The minimum absolute atomic E-state index is 0.960. The van der Waals surface area contributed by atoms with Crippen molar-refractivity contribution in [2.75, 3.05) is 5.75 Å². The van der Waals surface area contributed by atoms with Gasteiger partial charge >= 0.3 is 0 Å². The Kier molecular flexibility index (Phi) is 6.06. The van der Waals surface area contributed by atoms with Crippen molar-refractivity contribution in [2.45, 2.75) is 39.0 Å². The van der Waals surface area contributed by atoms with Crippen LogP contribution < -0.4 is 0 Å². The van der Waals surface area contributed by atoms with Crippen LogP contribution in [-0.2, 0) is 6.42 Å². The Morgan fingerprint density at radius 1 is 0.900 bits per heavy atom. The van der Waals surface area contributed by atoms with E-state index >= 15 is 0 Å². The predicted octanol–water partition coefficient (Wildman–Crippen LogP) is 4.48. The van der Waals surface area contributed by atoms with Crippen molar-refractivity contribution in [3.63, 3.8) is 0 Å². The first kappa shape index (κ1) is 15.0. The van der Waals surface area contributed by atoms with Gasteiger partial charge in [0, 0.05) is 12.4 Å². The van der Waals surface area contributed by atoms with Gasteiger partial charge in [-0.2, -0.15) is 12.6 Å². The lowest BCUT2D eigenvalue weighted by Crippen LogP contribution is -1.92. The predicted molar refractivity (Wildman–Crippen MR) is 88.2 cm³/mol. The van der Waals surface area contributed by atoms with Crippen LogP contribution in [0.15, 0.2) is 36.7 Å². The zero-order valence-electron chi connectivity index (χ0n) is 12.0. The van der Waals surface area contributed by atoms with Crippen LogP contribution >= 0.6 is 12.6 Å². The number of hydrogen-bond acceptors (Lipinski definition) is 3. The van der Waals surface area contributed by atoms with E-state index in [9.17, 15) is 0 Å². The molecular weight excluding hydrogens is 264 g/mol. The lowest BCUT2D eigenvalue weighted by atomic mass is 10.1. The molecule has 106 valence electrons. The highest BCUT2D eigenvalue weighted by Crippen LogP contribution is 2.17. The van der Waals surface area contributed by atoms with Crippen LogP contribution in [0.1, 0.15) is 36.8 Å². The summed E-state index contributed by atoms with van der Waals surface area (Å²) in [5.41, 5.74) is 4.50. The second kappa shape index (κ2) is 8.05. The van der Waals surface area contributed by atoms with Crippen LogP contribution in [0.3, 0.4) is 0 Å². The first-order valence-electron chi connectivity index (χ1n) is 7.28. The third kappa shape index (κ3) is 4.64. The van der Waals surface area contributed by atoms with Crippen molar-refractivity contribution in [2.24, 2.45) is 0 Å². The molecule has 0 aromatic carbocycles. The summed E-state index contributed by atoms with van der Waals surface area (Å²) in [6.45, 7) is 2.08. The number of rotatable bonds is 7. The summed E-state index contributed by atoms with van der Waals surface area (Å²) < 4.78 is 0. The van der Waals surface area contributed by atoms with E-state index in [0.717, 1.165) is 23.6 Å². The van der Waals surface area contributed by atoms with Gasteiger partial charge in [0.2, 0.25) is 0 Å². The van der Waals surface area contributed by atoms with E-state index < -0.39 is 0 Å². The van der Waals surface area contributed by atoms with E-state index in [1.807, 2.05) is 18.5 Å². The van der Waals surface area contributed by atoms with Gasteiger partial charge in [-0.1, -0.05) is 12.8 Å². The molecule has 2 heterocycles. The van der Waals surface area contributed by atoms with E-state index in [2.05, 4.69) is 47.7 Å². The number of thiol groups is 1. The standard InChI is InChI=1S/C17H22N2S/c1-14-7-9-18-16(12-14)17-13-15(8-10-19-17)6-4-2-3-5-11-20/h7-10,12-13,20H,2-6,11H2,1H3. The fourth-order valence-corrected chi connectivity index (χ4v) is 2.46. The molecule has 3 heteroatoms. The minimum atomic E-state index is 0.960. The molecule has 0 aliphatic rings. The molecule has 0 saturated carbocycles. The summed E-state index contributed by atoms with van der Waals surface area (Å²) in [7, 11) is 0. The summed E-state index contributed by atoms with van der Waals surface area (Å²) in [4.78, 5) is 8.84. The zero-order chi connectivity index (χ0) is 14.2. The maximum Gasteiger partial charge on any atom is 0.0888 e. The first-order chi connectivity index (χ1) is 9.79. The normalized spacial score (nSPS) is 10.7. The van der Waals surface area contributed by atoms with Crippen molar-refractivity contribution in [1.29, 1.82) is 0 Å². The molecule has 0 aliphatic carbocycles. The molecule has 0 fully saturated rings. The number of aromatic nitrogens is 2. The van der Waals surface area contributed by atoms with Crippen LogP contribution in [0.4, 0.5) is 0 Å². The second-order valence-electron chi connectivity index (χ2n) is 5.16. The molecule has 0 unspecified atom stereocenters. The smallest absolute Gasteiger partial charge is 0.0888 e.